The number of nitrogens with two attached hydrogens (primary N) is 1. The van der Waals surface area contributed by atoms with Crippen LogP contribution in [0.15, 0.2) is 17.5 Å². The van der Waals surface area contributed by atoms with Gasteiger partial charge in [0.1, 0.15) is 0 Å². The highest BCUT2D eigenvalue weighted by Gasteiger charge is 2.28. The summed E-state index contributed by atoms with van der Waals surface area (Å²) in [7, 11) is 1.98. The minimum absolute atomic E-state index is 0.0531. The maximum atomic E-state index is 11.9. The molecular formula is C14H23N3OS. The van der Waals surface area contributed by atoms with Crippen LogP contribution in [-0.2, 0) is 4.79 Å². The van der Waals surface area contributed by atoms with Gasteiger partial charge in [0, 0.05) is 17.0 Å². The van der Waals surface area contributed by atoms with E-state index >= 15 is 0 Å². The van der Waals surface area contributed by atoms with Crippen LogP contribution in [-0.4, -0.2) is 36.5 Å². The van der Waals surface area contributed by atoms with Crippen LogP contribution >= 0.6 is 11.3 Å². The molecule has 1 aliphatic rings. The fourth-order valence-corrected chi connectivity index (χ4v) is 3.23. The van der Waals surface area contributed by atoms with E-state index in [0.717, 1.165) is 19.3 Å². The highest BCUT2D eigenvalue weighted by molar-refractivity contribution is 7.10. The highest BCUT2D eigenvalue weighted by atomic mass is 32.1. The van der Waals surface area contributed by atoms with Gasteiger partial charge < -0.3 is 11.1 Å². The van der Waals surface area contributed by atoms with Crippen molar-refractivity contribution in [3.8, 4) is 0 Å². The number of thiophene rings is 1. The zero-order valence-corrected chi connectivity index (χ0v) is 12.5. The van der Waals surface area contributed by atoms with Crippen molar-refractivity contribution < 1.29 is 4.79 Å². The largest absolute Gasteiger partial charge is 0.352 e. The van der Waals surface area contributed by atoms with Gasteiger partial charge in [0.05, 0.1) is 12.6 Å². The molecule has 0 bridgehead atoms. The van der Waals surface area contributed by atoms with Gasteiger partial charge in [-0.3, -0.25) is 9.69 Å². The van der Waals surface area contributed by atoms with E-state index in [1.165, 1.54) is 4.88 Å². The molecule has 0 spiro atoms. The molecule has 0 radical (unpaired) electrons. The molecule has 4 nitrogen and oxygen atoms in total. The second-order valence-corrected chi connectivity index (χ2v) is 6.27. The Labute approximate surface area is 119 Å². The van der Waals surface area contributed by atoms with Crippen molar-refractivity contribution >= 4 is 17.2 Å². The third kappa shape index (κ3) is 4.03. The summed E-state index contributed by atoms with van der Waals surface area (Å²) in [6.45, 7) is 2.50. The van der Waals surface area contributed by atoms with E-state index in [2.05, 4.69) is 28.6 Å². The predicted octanol–water partition coefficient (Wildman–Crippen LogP) is 1.74. The first-order chi connectivity index (χ1) is 9.11. The Bertz CT molecular complexity index is 403. The number of likely N-dealkylation sites (N-methyl/N-ethyl adjacent to an activating group) is 1. The molecule has 0 aliphatic heterocycles. The molecule has 2 rings (SSSR count). The quantitative estimate of drug-likeness (QED) is 0.800. The van der Waals surface area contributed by atoms with Crippen molar-refractivity contribution in [1.29, 1.82) is 0 Å². The Morgan fingerprint density at radius 2 is 2.37 bits per heavy atom. The zero-order valence-electron chi connectivity index (χ0n) is 11.6. The van der Waals surface area contributed by atoms with Gasteiger partial charge in [0.2, 0.25) is 5.91 Å². The summed E-state index contributed by atoms with van der Waals surface area (Å²) >= 11 is 1.70. The van der Waals surface area contributed by atoms with Crippen molar-refractivity contribution in [2.75, 3.05) is 13.6 Å². The second kappa shape index (κ2) is 6.50. The molecule has 19 heavy (non-hydrogen) atoms. The number of hydrogen-bond acceptors (Lipinski definition) is 4. The summed E-state index contributed by atoms with van der Waals surface area (Å²) < 4.78 is 0. The Morgan fingerprint density at radius 3 is 2.89 bits per heavy atom. The molecule has 0 aromatic carbocycles. The van der Waals surface area contributed by atoms with Crippen molar-refractivity contribution in [1.82, 2.24) is 10.2 Å². The monoisotopic (exact) mass is 281 g/mol. The number of rotatable bonds is 7. The van der Waals surface area contributed by atoms with Crippen LogP contribution in [0.2, 0.25) is 0 Å². The van der Waals surface area contributed by atoms with Crippen molar-refractivity contribution in [3.63, 3.8) is 0 Å². The smallest absolute Gasteiger partial charge is 0.234 e. The molecule has 1 aromatic heterocycles. The zero-order chi connectivity index (χ0) is 13.8. The van der Waals surface area contributed by atoms with Crippen LogP contribution in [0.25, 0.3) is 0 Å². The molecule has 2 atom stereocenters. The summed E-state index contributed by atoms with van der Waals surface area (Å²) in [6.07, 6.45) is 3.15. The van der Waals surface area contributed by atoms with Gasteiger partial charge in [-0.1, -0.05) is 13.0 Å². The third-order valence-electron chi connectivity index (χ3n) is 3.52. The van der Waals surface area contributed by atoms with E-state index in [4.69, 9.17) is 5.73 Å². The lowest BCUT2D eigenvalue weighted by Crippen LogP contribution is -2.43. The minimum atomic E-state index is 0.0531. The standard InChI is InChI=1S/C14H23N3OS/c1-3-11(15)14(12-5-4-8-19-12)17(2)9-13(18)16-10-6-7-10/h4-5,8,10-11,14H,3,6-7,9,15H2,1-2H3,(H,16,18). The molecule has 1 aromatic rings. The van der Waals surface area contributed by atoms with Crippen LogP contribution in [0.1, 0.15) is 37.1 Å². The van der Waals surface area contributed by atoms with Crippen LogP contribution < -0.4 is 11.1 Å². The van der Waals surface area contributed by atoms with Crippen molar-refractivity contribution in [3.05, 3.63) is 22.4 Å². The van der Waals surface area contributed by atoms with Gasteiger partial charge in [0.25, 0.3) is 0 Å². The molecule has 1 amide bonds. The number of nitrogens with one attached hydrogen (secondary N) is 1. The summed E-state index contributed by atoms with van der Waals surface area (Å²) in [5.41, 5.74) is 6.23. The predicted molar refractivity (Wildman–Crippen MR) is 79.1 cm³/mol. The van der Waals surface area contributed by atoms with Gasteiger partial charge in [0.15, 0.2) is 0 Å². The summed E-state index contributed by atoms with van der Waals surface area (Å²) in [6, 6.07) is 4.72. The first-order valence-electron chi connectivity index (χ1n) is 6.90. The highest BCUT2D eigenvalue weighted by Crippen LogP contribution is 2.27. The van der Waals surface area contributed by atoms with Gasteiger partial charge in [-0.15, -0.1) is 11.3 Å². The molecule has 5 heteroatoms. The minimum Gasteiger partial charge on any atom is -0.352 e. The molecule has 106 valence electrons. The number of nitrogens with zero attached hydrogens (tertiary/aromatic N) is 1. The van der Waals surface area contributed by atoms with E-state index in [-0.39, 0.29) is 18.0 Å². The van der Waals surface area contributed by atoms with Crippen LogP contribution in [0.3, 0.4) is 0 Å². The molecule has 1 heterocycles. The maximum Gasteiger partial charge on any atom is 0.234 e. The normalized spacial score (nSPS) is 18.3. The lowest BCUT2D eigenvalue weighted by atomic mass is 10.0. The molecule has 1 saturated carbocycles. The van der Waals surface area contributed by atoms with Crippen molar-refractivity contribution in [2.24, 2.45) is 5.73 Å². The van der Waals surface area contributed by atoms with Crippen LogP contribution in [0.5, 0.6) is 0 Å². The summed E-state index contributed by atoms with van der Waals surface area (Å²) in [4.78, 5) is 15.2. The van der Waals surface area contributed by atoms with Crippen molar-refractivity contribution in [2.45, 2.75) is 44.3 Å². The number of amides is 1. The summed E-state index contributed by atoms with van der Waals surface area (Å²) in [5.74, 6) is 0.106. The second-order valence-electron chi connectivity index (χ2n) is 5.29. The van der Waals surface area contributed by atoms with Gasteiger partial charge in [-0.05, 0) is 37.8 Å². The molecular weight excluding hydrogens is 258 g/mol. The number of carbonyl (C=O) groups excluding carboxylic acids is 1. The lowest BCUT2D eigenvalue weighted by Gasteiger charge is -2.31. The molecule has 0 saturated heterocycles. The Kier molecular flexibility index (Phi) is 4.96. The SMILES string of the molecule is CCC(N)C(c1cccs1)N(C)CC(=O)NC1CC1. The van der Waals surface area contributed by atoms with Gasteiger partial charge in [-0.25, -0.2) is 0 Å². The van der Waals surface area contributed by atoms with Gasteiger partial charge in [-0.2, -0.15) is 0 Å². The third-order valence-corrected chi connectivity index (χ3v) is 4.46. The fraction of sp³-hybridized carbons (Fsp3) is 0.643. The molecule has 3 N–H and O–H groups in total. The fourth-order valence-electron chi connectivity index (χ4n) is 2.26. The number of carbonyl (C=O) groups is 1. The maximum absolute atomic E-state index is 11.9. The molecule has 1 aliphatic carbocycles. The van der Waals surface area contributed by atoms with Crippen LogP contribution in [0, 0.1) is 0 Å². The first kappa shape index (κ1) is 14.5. The first-order valence-corrected chi connectivity index (χ1v) is 7.78. The van der Waals surface area contributed by atoms with E-state index in [0.29, 0.717) is 12.6 Å². The molecule has 2 unspecified atom stereocenters. The topological polar surface area (TPSA) is 58.4 Å². The lowest BCUT2D eigenvalue weighted by molar-refractivity contribution is -0.122. The molecule has 1 fully saturated rings. The van der Waals surface area contributed by atoms with Gasteiger partial charge >= 0.3 is 0 Å². The Hall–Kier alpha value is -0.910. The Morgan fingerprint density at radius 1 is 1.63 bits per heavy atom. The number of hydrogen-bond donors (Lipinski definition) is 2. The Balaban J connectivity index is 1.98. The van der Waals surface area contributed by atoms with E-state index in [9.17, 15) is 4.79 Å². The van der Waals surface area contributed by atoms with E-state index in [1.807, 2.05) is 13.1 Å². The van der Waals surface area contributed by atoms with E-state index in [1.54, 1.807) is 11.3 Å². The van der Waals surface area contributed by atoms with Crippen LogP contribution in [0.4, 0.5) is 0 Å². The average molecular weight is 281 g/mol. The van der Waals surface area contributed by atoms with E-state index < -0.39 is 0 Å². The summed E-state index contributed by atoms with van der Waals surface area (Å²) in [5, 5.41) is 5.08. The average Bonchev–Trinajstić information content (AvgIpc) is 3.02.